The van der Waals surface area contributed by atoms with Gasteiger partial charge in [0.2, 0.25) is 5.91 Å². The molecule has 1 aliphatic heterocycles. The molecule has 0 aromatic carbocycles. The highest BCUT2D eigenvalue weighted by atomic mass is 16.2. The summed E-state index contributed by atoms with van der Waals surface area (Å²) in [6, 6.07) is 0.542. The smallest absolute Gasteiger partial charge is 0.237 e. The first kappa shape index (κ1) is 12.5. The lowest BCUT2D eigenvalue weighted by Gasteiger charge is -2.27. The molecule has 1 rings (SSSR count). The van der Waals surface area contributed by atoms with Crippen molar-refractivity contribution < 1.29 is 4.79 Å². The number of nitrogens with one attached hydrogen (secondary N) is 2. The van der Waals surface area contributed by atoms with Crippen LogP contribution in [-0.2, 0) is 4.79 Å². The normalized spacial score (nSPS) is 26.3. The zero-order chi connectivity index (χ0) is 11.1. The van der Waals surface area contributed by atoms with Gasteiger partial charge in [-0.3, -0.25) is 4.79 Å². The molecular formula is C12H24N2O. The van der Waals surface area contributed by atoms with Crippen molar-refractivity contribution in [2.75, 3.05) is 6.54 Å². The van der Waals surface area contributed by atoms with Crippen LogP contribution in [-0.4, -0.2) is 24.5 Å². The van der Waals surface area contributed by atoms with Gasteiger partial charge in [-0.1, -0.05) is 19.8 Å². The molecule has 88 valence electrons. The van der Waals surface area contributed by atoms with Crippen LogP contribution in [0.25, 0.3) is 0 Å². The molecule has 0 aromatic rings. The van der Waals surface area contributed by atoms with Crippen LogP contribution in [0.4, 0.5) is 0 Å². The minimum Gasteiger partial charge on any atom is -0.355 e. The van der Waals surface area contributed by atoms with Gasteiger partial charge >= 0.3 is 0 Å². The Balaban J connectivity index is 2.15. The first-order valence-corrected chi connectivity index (χ1v) is 6.27. The van der Waals surface area contributed by atoms with E-state index in [-0.39, 0.29) is 11.9 Å². The van der Waals surface area contributed by atoms with Crippen LogP contribution in [0, 0.1) is 0 Å². The molecule has 3 heteroatoms. The molecule has 1 fully saturated rings. The number of carbonyl (C=O) groups excluding carboxylic acids is 1. The molecule has 0 aromatic heterocycles. The molecule has 15 heavy (non-hydrogen) atoms. The van der Waals surface area contributed by atoms with Crippen molar-refractivity contribution in [3.8, 4) is 0 Å². The monoisotopic (exact) mass is 212 g/mol. The van der Waals surface area contributed by atoms with E-state index in [0.29, 0.717) is 6.04 Å². The van der Waals surface area contributed by atoms with Gasteiger partial charge < -0.3 is 10.6 Å². The first-order chi connectivity index (χ1) is 7.24. The molecular weight excluding hydrogens is 188 g/mol. The number of hydrogen-bond donors (Lipinski definition) is 2. The molecule has 0 aliphatic carbocycles. The van der Waals surface area contributed by atoms with Crippen molar-refractivity contribution in [2.24, 2.45) is 0 Å². The van der Waals surface area contributed by atoms with Gasteiger partial charge in [0.15, 0.2) is 0 Å². The minimum absolute atomic E-state index is 0.0513. The third-order valence-corrected chi connectivity index (χ3v) is 3.01. The van der Waals surface area contributed by atoms with Crippen molar-refractivity contribution in [2.45, 2.75) is 64.5 Å². The molecule has 1 aliphatic rings. The summed E-state index contributed by atoms with van der Waals surface area (Å²) in [4.78, 5) is 11.7. The number of hydrogen-bond acceptors (Lipinski definition) is 2. The second-order valence-corrected chi connectivity index (χ2v) is 4.55. The van der Waals surface area contributed by atoms with Gasteiger partial charge in [-0.05, 0) is 32.6 Å². The Morgan fingerprint density at radius 3 is 2.87 bits per heavy atom. The Kier molecular flexibility index (Phi) is 5.69. The summed E-state index contributed by atoms with van der Waals surface area (Å²) in [6.07, 6.45) is 6.86. The van der Waals surface area contributed by atoms with Gasteiger partial charge in [-0.25, -0.2) is 0 Å². The maximum Gasteiger partial charge on any atom is 0.237 e. The first-order valence-electron chi connectivity index (χ1n) is 6.27. The van der Waals surface area contributed by atoms with Crippen molar-refractivity contribution >= 4 is 5.91 Å². The average molecular weight is 212 g/mol. The van der Waals surface area contributed by atoms with E-state index >= 15 is 0 Å². The number of unbranched alkanes of at least 4 members (excludes halogenated alkanes) is 2. The van der Waals surface area contributed by atoms with Crippen LogP contribution in [0.15, 0.2) is 0 Å². The lowest BCUT2D eigenvalue weighted by molar-refractivity contribution is -0.123. The van der Waals surface area contributed by atoms with Crippen molar-refractivity contribution in [3.63, 3.8) is 0 Å². The van der Waals surface area contributed by atoms with E-state index in [2.05, 4.69) is 24.5 Å². The average Bonchev–Trinajstić information content (AvgIpc) is 2.24. The lowest BCUT2D eigenvalue weighted by Crippen LogP contribution is -2.50. The van der Waals surface area contributed by atoms with E-state index in [1.54, 1.807) is 0 Å². The molecule has 3 nitrogen and oxygen atoms in total. The van der Waals surface area contributed by atoms with Gasteiger partial charge in [-0.15, -0.1) is 0 Å². The van der Waals surface area contributed by atoms with Crippen LogP contribution in [0.3, 0.4) is 0 Å². The molecule has 2 atom stereocenters. The molecule has 0 radical (unpaired) electrons. The van der Waals surface area contributed by atoms with E-state index in [4.69, 9.17) is 0 Å². The van der Waals surface area contributed by atoms with E-state index in [9.17, 15) is 4.79 Å². The Morgan fingerprint density at radius 2 is 2.20 bits per heavy atom. The fourth-order valence-corrected chi connectivity index (χ4v) is 2.05. The molecule has 0 bridgehead atoms. The summed E-state index contributed by atoms with van der Waals surface area (Å²) in [5.41, 5.74) is 0. The summed E-state index contributed by atoms with van der Waals surface area (Å²) >= 11 is 0. The standard InChI is InChI=1S/C12H24N2O/c1-3-4-5-9-13-12(15)11-8-6-7-10(2)14-11/h10-11,14H,3-9H2,1-2H3,(H,13,15). The third-order valence-electron chi connectivity index (χ3n) is 3.01. The fraction of sp³-hybridized carbons (Fsp3) is 0.917. The number of rotatable bonds is 5. The van der Waals surface area contributed by atoms with Crippen LogP contribution in [0.2, 0.25) is 0 Å². The highest BCUT2D eigenvalue weighted by Crippen LogP contribution is 2.12. The van der Waals surface area contributed by atoms with Crippen LogP contribution in [0.5, 0.6) is 0 Å². The molecule has 1 heterocycles. The van der Waals surface area contributed by atoms with E-state index < -0.39 is 0 Å². The Morgan fingerprint density at radius 1 is 1.40 bits per heavy atom. The van der Waals surface area contributed by atoms with Gasteiger partial charge in [0.25, 0.3) is 0 Å². The summed E-state index contributed by atoms with van der Waals surface area (Å²) in [7, 11) is 0. The number of amides is 1. The van der Waals surface area contributed by atoms with E-state index in [0.717, 1.165) is 19.4 Å². The maximum absolute atomic E-state index is 11.7. The second kappa shape index (κ2) is 6.83. The minimum atomic E-state index is 0.0513. The molecule has 2 unspecified atom stereocenters. The maximum atomic E-state index is 11.7. The largest absolute Gasteiger partial charge is 0.355 e. The van der Waals surface area contributed by atoms with Crippen LogP contribution in [0.1, 0.15) is 52.4 Å². The molecule has 1 saturated heterocycles. The Labute approximate surface area is 93.0 Å². The zero-order valence-electron chi connectivity index (χ0n) is 10.0. The Bertz CT molecular complexity index is 194. The van der Waals surface area contributed by atoms with Gasteiger partial charge in [0, 0.05) is 12.6 Å². The number of carbonyl (C=O) groups is 1. The molecule has 2 N–H and O–H groups in total. The molecule has 1 amide bonds. The van der Waals surface area contributed by atoms with Gasteiger partial charge in [0.05, 0.1) is 6.04 Å². The SMILES string of the molecule is CCCCCNC(=O)C1CCCC(C)N1. The molecule has 0 saturated carbocycles. The van der Waals surface area contributed by atoms with Crippen molar-refractivity contribution in [1.82, 2.24) is 10.6 Å². The van der Waals surface area contributed by atoms with Gasteiger partial charge in [-0.2, -0.15) is 0 Å². The van der Waals surface area contributed by atoms with Crippen LogP contribution < -0.4 is 10.6 Å². The fourth-order valence-electron chi connectivity index (χ4n) is 2.05. The predicted octanol–water partition coefficient (Wildman–Crippen LogP) is 1.82. The van der Waals surface area contributed by atoms with Crippen molar-refractivity contribution in [3.05, 3.63) is 0 Å². The van der Waals surface area contributed by atoms with Crippen molar-refractivity contribution in [1.29, 1.82) is 0 Å². The summed E-state index contributed by atoms with van der Waals surface area (Å²) in [5.74, 6) is 0.192. The quantitative estimate of drug-likeness (QED) is 0.683. The van der Waals surface area contributed by atoms with Gasteiger partial charge in [0.1, 0.15) is 0 Å². The Hall–Kier alpha value is -0.570. The lowest BCUT2D eigenvalue weighted by atomic mass is 9.99. The molecule has 0 spiro atoms. The zero-order valence-corrected chi connectivity index (χ0v) is 10.0. The second-order valence-electron chi connectivity index (χ2n) is 4.55. The summed E-state index contributed by atoms with van der Waals surface area (Å²) in [6.45, 7) is 5.15. The highest BCUT2D eigenvalue weighted by molar-refractivity contribution is 5.81. The predicted molar refractivity (Wildman–Crippen MR) is 62.8 cm³/mol. The van der Waals surface area contributed by atoms with E-state index in [1.165, 1.54) is 25.7 Å². The third kappa shape index (κ3) is 4.65. The summed E-state index contributed by atoms with van der Waals surface area (Å²) < 4.78 is 0. The topological polar surface area (TPSA) is 41.1 Å². The summed E-state index contributed by atoms with van der Waals surface area (Å²) in [5, 5.41) is 6.35. The van der Waals surface area contributed by atoms with E-state index in [1.807, 2.05) is 0 Å². The number of piperidine rings is 1. The highest BCUT2D eigenvalue weighted by Gasteiger charge is 2.23. The van der Waals surface area contributed by atoms with Crippen LogP contribution >= 0.6 is 0 Å².